The SMILES string of the molecule is CN(C)C(CN)c1ccc2nc(C3CCCC3)[nH]c2c1. The first-order chi connectivity index (χ1) is 9.69. The Bertz CT molecular complexity index is 581. The molecule has 0 bridgehead atoms. The van der Waals surface area contributed by atoms with E-state index < -0.39 is 0 Å². The Morgan fingerprint density at radius 2 is 2.10 bits per heavy atom. The summed E-state index contributed by atoms with van der Waals surface area (Å²) >= 11 is 0. The lowest BCUT2D eigenvalue weighted by atomic mass is 10.1. The molecule has 4 heteroatoms. The van der Waals surface area contributed by atoms with E-state index in [0.717, 1.165) is 11.0 Å². The lowest BCUT2D eigenvalue weighted by Gasteiger charge is -2.22. The van der Waals surface area contributed by atoms with Gasteiger partial charge in [-0.25, -0.2) is 4.98 Å². The second-order valence-electron chi connectivity index (χ2n) is 6.10. The van der Waals surface area contributed by atoms with Gasteiger partial charge in [-0.1, -0.05) is 18.9 Å². The Morgan fingerprint density at radius 1 is 1.35 bits per heavy atom. The minimum absolute atomic E-state index is 0.262. The first-order valence-corrected chi connectivity index (χ1v) is 7.55. The van der Waals surface area contributed by atoms with Crippen molar-refractivity contribution in [2.75, 3.05) is 20.6 Å². The maximum absolute atomic E-state index is 5.89. The monoisotopic (exact) mass is 272 g/mol. The molecule has 1 aliphatic carbocycles. The fourth-order valence-corrected chi connectivity index (χ4v) is 3.29. The Hall–Kier alpha value is -1.39. The van der Waals surface area contributed by atoms with Gasteiger partial charge in [0.05, 0.1) is 11.0 Å². The molecular weight excluding hydrogens is 248 g/mol. The number of hydrogen-bond donors (Lipinski definition) is 2. The van der Waals surface area contributed by atoms with Crippen LogP contribution in [-0.4, -0.2) is 35.5 Å². The molecule has 4 nitrogen and oxygen atoms in total. The number of nitrogens with one attached hydrogen (secondary N) is 1. The van der Waals surface area contributed by atoms with Gasteiger partial charge >= 0.3 is 0 Å². The van der Waals surface area contributed by atoms with Crippen LogP contribution in [0.4, 0.5) is 0 Å². The second-order valence-corrected chi connectivity index (χ2v) is 6.10. The number of hydrogen-bond acceptors (Lipinski definition) is 3. The number of benzene rings is 1. The Labute approximate surface area is 120 Å². The summed E-state index contributed by atoms with van der Waals surface area (Å²) in [4.78, 5) is 10.5. The van der Waals surface area contributed by atoms with Gasteiger partial charge in [0.2, 0.25) is 0 Å². The molecule has 0 aliphatic heterocycles. The molecule has 1 fully saturated rings. The van der Waals surface area contributed by atoms with Gasteiger partial charge in [0.25, 0.3) is 0 Å². The zero-order chi connectivity index (χ0) is 14.1. The van der Waals surface area contributed by atoms with Crippen molar-refractivity contribution in [3.05, 3.63) is 29.6 Å². The van der Waals surface area contributed by atoms with Crippen molar-refractivity contribution in [1.29, 1.82) is 0 Å². The van der Waals surface area contributed by atoms with Crippen molar-refractivity contribution >= 4 is 11.0 Å². The predicted molar refractivity (Wildman–Crippen MR) is 82.8 cm³/mol. The molecule has 3 rings (SSSR count). The van der Waals surface area contributed by atoms with E-state index in [1.807, 2.05) is 0 Å². The summed E-state index contributed by atoms with van der Waals surface area (Å²) in [5, 5.41) is 0. The van der Waals surface area contributed by atoms with Crippen LogP contribution in [0.25, 0.3) is 11.0 Å². The Morgan fingerprint density at radius 3 is 2.75 bits per heavy atom. The average molecular weight is 272 g/mol. The van der Waals surface area contributed by atoms with Crippen molar-refractivity contribution < 1.29 is 0 Å². The van der Waals surface area contributed by atoms with Gasteiger partial charge in [-0.15, -0.1) is 0 Å². The standard InChI is InChI=1S/C16H24N4/c1-20(2)15(10-17)12-7-8-13-14(9-12)19-16(18-13)11-5-3-4-6-11/h7-9,11,15H,3-6,10,17H2,1-2H3,(H,18,19). The molecule has 0 radical (unpaired) electrons. The van der Waals surface area contributed by atoms with E-state index in [2.05, 4.69) is 42.2 Å². The summed E-state index contributed by atoms with van der Waals surface area (Å²) in [6.45, 7) is 0.627. The van der Waals surface area contributed by atoms with Gasteiger partial charge in [0.1, 0.15) is 5.82 Å². The summed E-state index contributed by atoms with van der Waals surface area (Å²) in [5.41, 5.74) is 9.36. The molecule has 0 spiro atoms. The molecular formula is C16H24N4. The van der Waals surface area contributed by atoms with E-state index in [1.54, 1.807) is 0 Å². The number of imidazole rings is 1. The molecule has 3 N–H and O–H groups in total. The highest BCUT2D eigenvalue weighted by Gasteiger charge is 2.20. The van der Waals surface area contributed by atoms with Crippen molar-refractivity contribution in [2.45, 2.75) is 37.6 Å². The van der Waals surface area contributed by atoms with Gasteiger partial charge in [0.15, 0.2) is 0 Å². The van der Waals surface area contributed by atoms with Crippen LogP contribution in [0, 0.1) is 0 Å². The van der Waals surface area contributed by atoms with Gasteiger partial charge in [0, 0.05) is 18.5 Å². The van der Waals surface area contributed by atoms with Gasteiger partial charge in [-0.05, 0) is 44.6 Å². The first-order valence-electron chi connectivity index (χ1n) is 7.55. The van der Waals surface area contributed by atoms with Crippen LogP contribution >= 0.6 is 0 Å². The normalized spacial score (nSPS) is 18.2. The third-order valence-electron chi connectivity index (χ3n) is 4.50. The van der Waals surface area contributed by atoms with Gasteiger partial charge < -0.3 is 15.6 Å². The second kappa shape index (κ2) is 5.54. The minimum atomic E-state index is 0.262. The fraction of sp³-hybridized carbons (Fsp3) is 0.562. The third-order valence-corrected chi connectivity index (χ3v) is 4.50. The number of H-pyrrole nitrogens is 1. The molecule has 0 amide bonds. The van der Waals surface area contributed by atoms with Crippen LogP contribution < -0.4 is 5.73 Å². The first kappa shape index (κ1) is 13.6. The summed E-state index contributed by atoms with van der Waals surface area (Å²) in [6.07, 6.45) is 5.22. The number of likely N-dealkylation sites (N-methyl/N-ethyl adjacent to an activating group) is 1. The largest absolute Gasteiger partial charge is 0.342 e. The van der Waals surface area contributed by atoms with Crippen molar-refractivity contribution in [3.8, 4) is 0 Å². The average Bonchev–Trinajstić information content (AvgIpc) is 3.07. The molecule has 1 unspecified atom stereocenters. The number of nitrogens with zero attached hydrogens (tertiary/aromatic N) is 2. The van der Waals surface area contributed by atoms with Crippen LogP contribution in [0.1, 0.15) is 49.0 Å². The summed E-state index contributed by atoms with van der Waals surface area (Å²) in [6, 6.07) is 6.74. The van der Waals surface area contributed by atoms with E-state index in [0.29, 0.717) is 12.5 Å². The Balaban J connectivity index is 1.94. The molecule has 0 saturated heterocycles. The van der Waals surface area contributed by atoms with E-state index in [9.17, 15) is 0 Å². The van der Waals surface area contributed by atoms with Crippen LogP contribution in [-0.2, 0) is 0 Å². The topological polar surface area (TPSA) is 57.9 Å². The smallest absolute Gasteiger partial charge is 0.110 e. The number of aromatic nitrogens is 2. The number of nitrogens with two attached hydrogens (primary N) is 1. The van der Waals surface area contributed by atoms with Crippen molar-refractivity contribution in [1.82, 2.24) is 14.9 Å². The number of aromatic amines is 1. The lowest BCUT2D eigenvalue weighted by molar-refractivity contribution is 0.306. The number of rotatable bonds is 4. The lowest BCUT2D eigenvalue weighted by Crippen LogP contribution is -2.27. The highest BCUT2D eigenvalue weighted by molar-refractivity contribution is 5.76. The van der Waals surface area contributed by atoms with Gasteiger partial charge in [-0.3, -0.25) is 0 Å². The Kier molecular flexibility index (Phi) is 3.76. The van der Waals surface area contributed by atoms with E-state index in [4.69, 9.17) is 10.7 Å². The third kappa shape index (κ3) is 2.45. The molecule has 20 heavy (non-hydrogen) atoms. The van der Waals surface area contributed by atoms with Crippen LogP contribution in [0.15, 0.2) is 18.2 Å². The molecule has 1 atom stereocenters. The predicted octanol–water partition coefficient (Wildman–Crippen LogP) is 2.78. The highest BCUT2D eigenvalue weighted by Crippen LogP contribution is 2.33. The fourth-order valence-electron chi connectivity index (χ4n) is 3.29. The molecule has 1 aromatic carbocycles. The van der Waals surface area contributed by atoms with Crippen molar-refractivity contribution in [2.24, 2.45) is 5.73 Å². The molecule has 1 heterocycles. The van der Waals surface area contributed by atoms with Gasteiger partial charge in [-0.2, -0.15) is 0 Å². The van der Waals surface area contributed by atoms with Crippen LogP contribution in [0.2, 0.25) is 0 Å². The van der Waals surface area contributed by atoms with E-state index >= 15 is 0 Å². The highest BCUT2D eigenvalue weighted by atomic mass is 15.1. The molecule has 1 aromatic heterocycles. The molecule has 2 aromatic rings. The van der Waals surface area contributed by atoms with E-state index in [1.165, 1.54) is 37.1 Å². The van der Waals surface area contributed by atoms with Crippen LogP contribution in [0.5, 0.6) is 0 Å². The van der Waals surface area contributed by atoms with E-state index in [-0.39, 0.29) is 6.04 Å². The molecule has 1 saturated carbocycles. The van der Waals surface area contributed by atoms with Crippen molar-refractivity contribution in [3.63, 3.8) is 0 Å². The zero-order valence-corrected chi connectivity index (χ0v) is 12.4. The van der Waals surface area contributed by atoms with Crippen LogP contribution in [0.3, 0.4) is 0 Å². The molecule has 108 valence electrons. The summed E-state index contributed by atoms with van der Waals surface area (Å²) < 4.78 is 0. The summed E-state index contributed by atoms with van der Waals surface area (Å²) in [5.74, 6) is 1.80. The number of fused-ring (bicyclic) bond motifs is 1. The summed E-state index contributed by atoms with van der Waals surface area (Å²) in [7, 11) is 4.14. The maximum Gasteiger partial charge on any atom is 0.110 e. The maximum atomic E-state index is 5.89. The zero-order valence-electron chi connectivity index (χ0n) is 12.4. The molecule has 1 aliphatic rings. The quantitative estimate of drug-likeness (QED) is 0.899. The minimum Gasteiger partial charge on any atom is -0.342 e.